The Hall–Kier alpha value is -2.63. The summed E-state index contributed by atoms with van der Waals surface area (Å²) in [5.41, 5.74) is 2.60. The Bertz CT molecular complexity index is 804. The minimum Gasteiger partial charge on any atom is -0.359 e. The van der Waals surface area contributed by atoms with E-state index in [0.29, 0.717) is 18.2 Å². The van der Waals surface area contributed by atoms with Gasteiger partial charge in [-0.2, -0.15) is 5.10 Å². The summed E-state index contributed by atoms with van der Waals surface area (Å²) in [5, 5.41) is 14.9. The zero-order chi connectivity index (χ0) is 16.2. The molecule has 0 saturated heterocycles. The van der Waals surface area contributed by atoms with Crippen molar-refractivity contribution in [3.05, 3.63) is 47.5 Å². The molecule has 120 valence electrons. The van der Waals surface area contributed by atoms with E-state index in [1.54, 1.807) is 0 Å². The highest BCUT2D eigenvalue weighted by molar-refractivity contribution is 5.87. The maximum Gasteiger partial charge on any atom is 0.226 e. The van der Waals surface area contributed by atoms with E-state index in [9.17, 15) is 4.79 Å². The number of H-pyrrole nitrogens is 1. The first-order chi connectivity index (χ1) is 11.1. The van der Waals surface area contributed by atoms with Crippen LogP contribution in [-0.4, -0.2) is 21.3 Å². The monoisotopic (exact) mass is 312 g/mol. The molecule has 0 bridgehead atoms. The zero-order valence-electron chi connectivity index (χ0n) is 13.3. The highest BCUT2D eigenvalue weighted by atomic mass is 16.5. The van der Waals surface area contributed by atoms with Crippen LogP contribution in [0.5, 0.6) is 0 Å². The molecule has 1 aromatic carbocycles. The predicted octanol–water partition coefficient (Wildman–Crippen LogP) is 2.61. The number of rotatable bonds is 6. The Morgan fingerprint density at radius 3 is 3.00 bits per heavy atom. The molecule has 0 saturated carbocycles. The Labute approximate surface area is 134 Å². The standard InChI is InChI=1S/C17H20N4O2/c1-11(2)7-12-8-13(23-21-12)10-18-17(22)9-16-14-5-3-4-6-15(14)19-20-16/h3-6,8,11H,7,9-10H2,1-2H3,(H,18,22)(H,19,20). The molecule has 0 aliphatic rings. The van der Waals surface area contributed by atoms with Crippen LogP contribution in [0.2, 0.25) is 0 Å². The fourth-order valence-corrected chi connectivity index (χ4v) is 2.51. The van der Waals surface area contributed by atoms with Gasteiger partial charge in [0, 0.05) is 11.5 Å². The second-order valence-corrected chi connectivity index (χ2v) is 6.06. The number of nitrogens with zero attached hydrogens (tertiary/aromatic N) is 2. The van der Waals surface area contributed by atoms with E-state index >= 15 is 0 Å². The van der Waals surface area contributed by atoms with Gasteiger partial charge in [0.1, 0.15) is 0 Å². The van der Waals surface area contributed by atoms with E-state index < -0.39 is 0 Å². The van der Waals surface area contributed by atoms with Crippen LogP contribution in [0.1, 0.15) is 31.0 Å². The molecule has 3 rings (SSSR count). The average Bonchev–Trinajstić information content (AvgIpc) is 3.12. The molecular formula is C17H20N4O2. The summed E-state index contributed by atoms with van der Waals surface area (Å²) in [7, 11) is 0. The molecule has 3 aromatic rings. The van der Waals surface area contributed by atoms with Gasteiger partial charge >= 0.3 is 0 Å². The van der Waals surface area contributed by atoms with Crippen LogP contribution in [0.25, 0.3) is 10.9 Å². The molecule has 0 spiro atoms. The highest BCUT2D eigenvalue weighted by Gasteiger charge is 2.11. The third-order valence-corrected chi connectivity index (χ3v) is 3.56. The number of fused-ring (bicyclic) bond motifs is 1. The lowest BCUT2D eigenvalue weighted by atomic mass is 10.1. The van der Waals surface area contributed by atoms with Crippen LogP contribution >= 0.6 is 0 Å². The molecule has 1 amide bonds. The van der Waals surface area contributed by atoms with Crippen LogP contribution in [0, 0.1) is 5.92 Å². The fraction of sp³-hybridized carbons (Fsp3) is 0.353. The van der Waals surface area contributed by atoms with Gasteiger partial charge in [-0.1, -0.05) is 37.2 Å². The number of hydrogen-bond acceptors (Lipinski definition) is 4. The number of nitrogens with one attached hydrogen (secondary N) is 2. The lowest BCUT2D eigenvalue weighted by Crippen LogP contribution is -2.24. The smallest absolute Gasteiger partial charge is 0.226 e. The number of aromatic amines is 1. The normalized spacial score (nSPS) is 11.3. The minimum atomic E-state index is -0.0822. The van der Waals surface area contributed by atoms with Gasteiger partial charge < -0.3 is 9.84 Å². The largest absolute Gasteiger partial charge is 0.359 e. The topological polar surface area (TPSA) is 83.8 Å². The Balaban J connectivity index is 1.56. The second kappa shape index (κ2) is 6.64. The SMILES string of the molecule is CC(C)Cc1cc(CNC(=O)Cc2[nH]nc3ccccc23)on1. The van der Waals surface area contributed by atoms with E-state index in [-0.39, 0.29) is 12.3 Å². The van der Waals surface area contributed by atoms with Crippen LogP contribution in [0.15, 0.2) is 34.9 Å². The second-order valence-electron chi connectivity index (χ2n) is 6.06. The molecular weight excluding hydrogens is 292 g/mol. The number of benzene rings is 1. The number of para-hydroxylation sites is 1. The van der Waals surface area contributed by atoms with Gasteiger partial charge in [-0.25, -0.2) is 0 Å². The zero-order valence-corrected chi connectivity index (χ0v) is 13.3. The molecule has 23 heavy (non-hydrogen) atoms. The van der Waals surface area contributed by atoms with Gasteiger partial charge in [0.05, 0.1) is 29.9 Å². The van der Waals surface area contributed by atoms with Crippen molar-refractivity contribution in [2.45, 2.75) is 33.2 Å². The maximum absolute atomic E-state index is 12.1. The van der Waals surface area contributed by atoms with E-state index in [2.05, 4.69) is 34.5 Å². The number of aromatic nitrogens is 3. The van der Waals surface area contributed by atoms with Gasteiger partial charge in [-0.3, -0.25) is 9.89 Å². The molecule has 0 unspecified atom stereocenters. The molecule has 2 N–H and O–H groups in total. The first-order valence-electron chi connectivity index (χ1n) is 7.75. The van der Waals surface area contributed by atoms with Gasteiger partial charge in [0.25, 0.3) is 0 Å². The molecule has 0 fully saturated rings. The number of carbonyl (C=O) groups is 1. The van der Waals surface area contributed by atoms with Gasteiger partial charge in [-0.05, 0) is 18.4 Å². The first kappa shape index (κ1) is 15.3. The van der Waals surface area contributed by atoms with Crippen LogP contribution in [0.4, 0.5) is 0 Å². The van der Waals surface area contributed by atoms with Crippen molar-refractivity contribution < 1.29 is 9.32 Å². The average molecular weight is 312 g/mol. The van der Waals surface area contributed by atoms with Crippen molar-refractivity contribution in [2.24, 2.45) is 5.92 Å². The van der Waals surface area contributed by atoms with Gasteiger partial charge in [-0.15, -0.1) is 0 Å². The summed E-state index contributed by atoms with van der Waals surface area (Å²) < 4.78 is 5.24. The fourth-order valence-electron chi connectivity index (χ4n) is 2.51. The Morgan fingerprint density at radius 1 is 1.35 bits per heavy atom. The van der Waals surface area contributed by atoms with Gasteiger partial charge in [0.2, 0.25) is 5.91 Å². The number of amides is 1. The summed E-state index contributed by atoms with van der Waals surface area (Å²) in [6.45, 7) is 4.60. The summed E-state index contributed by atoms with van der Waals surface area (Å²) in [6, 6.07) is 9.62. The molecule has 2 heterocycles. The van der Waals surface area contributed by atoms with Crippen LogP contribution < -0.4 is 5.32 Å². The lowest BCUT2D eigenvalue weighted by molar-refractivity contribution is -0.120. The van der Waals surface area contributed by atoms with Crippen molar-refractivity contribution in [1.29, 1.82) is 0 Å². The van der Waals surface area contributed by atoms with E-state index in [4.69, 9.17) is 4.52 Å². The van der Waals surface area contributed by atoms with E-state index in [0.717, 1.165) is 28.7 Å². The molecule has 0 aliphatic heterocycles. The third kappa shape index (κ3) is 3.77. The molecule has 0 atom stereocenters. The van der Waals surface area contributed by atoms with Crippen molar-refractivity contribution in [1.82, 2.24) is 20.7 Å². The maximum atomic E-state index is 12.1. The van der Waals surface area contributed by atoms with E-state index in [1.807, 2.05) is 30.3 Å². The number of hydrogen-bond donors (Lipinski definition) is 2. The van der Waals surface area contributed by atoms with Crippen molar-refractivity contribution in [3.63, 3.8) is 0 Å². The lowest BCUT2D eigenvalue weighted by Gasteiger charge is -2.01. The number of carbonyl (C=O) groups excluding carboxylic acids is 1. The molecule has 6 nitrogen and oxygen atoms in total. The first-order valence-corrected chi connectivity index (χ1v) is 7.75. The highest BCUT2D eigenvalue weighted by Crippen LogP contribution is 2.15. The molecule has 0 radical (unpaired) electrons. The third-order valence-electron chi connectivity index (χ3n) is 3.56. The van der Waals surface area contributed by atoms with Crippen molar-refractivity contribution in [3.8, 4) is 0 Å². The van der Waals surface area contributed by atoms with Gasteiger partial charge in [0.15, 0.2) is 5.76 Å². The summed E-state index contributed by atoms with van der Waals surface area (Å²) >= 11 is 0. The van der Waals surface area contributed by atoms with Crippen LogP contribution in [0.3, 0.4) is 0 Å². The van der Waals surface area contributed by atoms with Crippen molar-refractivity contribution >= 4 is 16.8 Å². The summed E-state index contributed by atoms with van der Waals surface area (Å²) in [4.78, 5) is 12.1. The molecule has 2 aromatic heterocycles. The Morgan fingerprint density at radius 2 is 2.17 bits per heavy atom. The van der Waals surface area contributed by atoms with Crippen molar-refractivity contribution in [2.75, 3.05) is 0 Å². The summed E-state index contributed by atoms with van der Waals surface area (Å²) in [5.74, 6) is 1.11. The quantitative estimate of drug-likeness (QED) is 0.733. The minimum absolute atomic E-state index is 0.0822. The predicted molar refractivity (Wildman–Crippen MR) is 86.7 cm³/mol. The van der Waals surface area contributed by atoms with E-state index in [1.165, 1.54) is 0 Å². The van der Waals surface area contributed by atoms with Crippen LogP contribution in [-0.2, 0) is 24.2 Å². The molecule has 0 aliphatic carbocycles. The summed E-state index contributed by atoms with van der Waals surface area (Å²) in [6.07, 6.45) is 1.13. The Kier molecular flexibility index (Phi) is 4.41. The molecule has 6 heteroatoms.